The molecule has 0 spiro atoms. The second-order valence-electron chi connectivity index (χ2n) is 4.83. The fourth-order valence-electron chi connectivity index (χ4n) is 1.67. The first-order valence-corrected chi connectivity index (χ1v) is 7.74. The van der Waals surface area contributed by atoms with E-state index in [2.05, 4.69) is 15.3 Å². The van der Waals surface area contributed by atoms with E-state index in [1.807, 2.05) is 32.9 Å². The molecule has 2 rings (SSSR count). The molecule has 0 aliphatic rings. The highest BCUT2D eigenvalue weighted by Crippen LogP contribution is 2.14. The summed E-state index contributed by atoms with van der Waals surface area (Å²) < 4.78 is 5.47. The quantitative estimate of drug-likeness (QED) is 0.891. The summed E-state index contributed by atoms with van der Waals surface area (Å²) in [6.07, 6.45) is 4.28. The van der Waals surface area contributed by atoms with Gasteiger partial charge in [-0.25, -0.2) is 9.97 Å². The number of hydrogen-bond acceptors (Lipinski definition) is 5. The molecule has 1 amide bonds. The van der Waals surface area contributed by atoms with Gasteiger partial charge in [-0.05, 0) is 25.8 Å². The molecule has 0 saturated carbocycles. The molecule has 21 heavy (non-hydrogen) atoms. The predicted molar refractivity (Wildman–Crippen MR) is 82.7 cm³/mol. The van der Waals surface area contributed by atoms with Crippen molar-refractivity contribution < 1.29 is 9.53 Å². The summed E-state index contributed by atoms with van der Waals surface area (Å²) in [5.41, 5.74) is 0.930. The Hall–Kier alpha value is -1.95. The number of aryl methyl sites for hydroxylation is 1. The third-order valence-electron chi connectivity index (χ3n) is 2.69. The Labute approximate surface area is 128 Å². The third kappa shape index (κ3) is 4.53. The molecule has 0 fully saturated rings. The van der Waals surface area contributed by atoms with Crippen molar-refractivity contribution in [2.24, 2.45) is 0 Å². The summed E-state index contributed by atoms with van der Waals surface area (Å²) in [5, 5.41) is 3.83. The Morgan fingerprint density at radius 2 is 2.14 bits per heavy atom. The molecule has 6 heteroatoms. The van der Waals surface area contributed by atoms with Gasteiger partial charge >= 0.3 is 0 Å². The zero-order valence-electron chi connectivity index (χ0n) is 12.4. The molecule has 0 radical (unpaired) electrons. The average Bonchev–Trinajstić information content (AvgIpc) is 2.94. The Kier molecular flexibility index (Phi) is 5.27. The normalized spacial score (nSPS) is 10.7. The van der Waals surface area contributed by atoms with Crippen LogP contribution >= 0.6 is 11.3 Å². The van der Waals surface area contributed by atoms with Crippen molar-refractivity contribution in [3.05, 3.63) is 40.0 Å². The maximum absolute atomic E-state index is 12.0. The highest BCUT2D eigenvalue weighted by Gasteiger charge is 2.09. The first-order valence-electron chi connectivity index (χ1n) is 6.93. The van der Waals surface area contributed by atoms with Crippen LogP contribution in [0.3, 0.4) is 0 Å². The van der Waals surface area contributed by atoms with E-state index in [0.717, 1.165) is 17.0 Å². The lowest BCUT2D eigenvalue weighted by atomic mass is 10.3. The first-order chi connectivity index (χ1) is 10.1. The summed E-state index contributed by atoms with van der Waals surface area (Å²) in [5.74, 6) is 0.491. The molecular weight excluding hydrogens is 286 g/mol. The zero-order valence-corrected chi connectivity index (χ0v) is 13.2. The molecule has 2 heterocycles. The second kappa shape index (κ2) is 7.17. The van der Waals surface area contributed by atoms with Crippen LogP contribution in [0, 0.1) is 0 Å². The minimum absolute atomic E-state index is 0.0992. The van der Waals surface area contributed by atoms with Crippen molar-refractivity contribution in [2.45, 2.75) is 39.8 Å². The zero-order chi connectivity index (χ0) is 15.2. The molecule has 2 aromatic rings. The lowest BCUT2D eigenvalue weighted by molar-refractivity contribution is 0.0954. The van der Waals surface area contributed by atoms with E-state index in [-0.39, 0.29) is 12.0 Å². The van der Waals surface area contributed by atoms with E-state index in [9.17, 15) is 4.79 Å². The van der Waals surface area contributed by atoms with Gasteiger partial charge in [0, 0.05) is 18.8 Å². The molecule has 0 aromatic carbocycles. The lowest BCUT2D eigenvalue weighted by Crippen LogP contribution is -2.21. The SMILES string of the molecule is CCc1ncc(C(=O)NCc2ccc(OC(C)C)nc2)s1. The Morgan fingerprint density at radius 3 is 2.71 bits per heavy atom. The van der Waals surface area contributed by atoms with Gasteiger partial charge in [-0.1, -0.05) is 13.0 Å². The van der Waals surface area contributed by atoms with E-state index in [1.54, 1.807) is 12.4 Å². The summed E-state index contributed by atoms with van der Waals surface area (Å²) in [7, 11) is 0. The molecule has 0 aliphatic heterocycles. The van der Waals surface area contributed by atoms with Gasteiger partial charge in [0.25, 0.3) is 5.91 Å². The molecule has 1 N–H and O–H groups in total. The van der Waals surface area contributed by atoms with E-state index >= 15 is 0 Å². The number of amides is 1. The monoisotopic (exact) mass is 305 g/mol. The molecule has 112 valence electrons. The van der Waals surface area contributed by atoms with Crippen LogP contribution in [0.4, 0.5) is 0 Å². The van der Waals surface area contributed by atoms with E-state index in [1.165, 1.54) is 11.3 Å². The van der Waals surface area contributed by atoms with Crippen molar-refractivity contribution in [2.75, 3.05) is 0 Å². The molecule has 5 nitrogen and oxygen atoms in total. The number of hydrogen-bond donors (Lipinski definition) is 1. The summed E-state index contributed by atoms with van der Waals surface area (Å²) >= 11 is 1.43. The second-order valence-corrected chi connectivity index (χ2v) is 5.94. The van der Waals surface area contributed by atoms with Crippen LogP contribution in [0.5, 0.6) is 5.88 Å². The van der Waals surface area contributed by atoms with Crippen LogP contribution in [-0.2, 0) is 13.0 Å². The van der Waals surface area contributed by atoms with Crippen molar-refractivity contribution >= 4 is 17.2 Å². The fraction of sp³-hybridized carbons (Fsp3) is 0.400. The van der Waals surface area contributed by atoms with E-state index < -0.39 is 0 Å². The van der Waals surface area contributed by atoms with Gasteiger partial charge in [0.15, 0.2) is 0 Å². The van der Waals surface area contributed by atoms with Gasteiger partial charge in [-0.3, -0.25) is 4.79 Å². The summed E-state index contributed by atoms with van der Waals surface area (Å²) in [6, 6.07) is 3.71. The van der Waals surface area contributed by atoms with Crippen LogP contribution in [0.2, 0.25) is 0 Å². The fourth-order valence-corrected chi connectivity index (χ4v) is 2.45. The van der Waals surface area contributed by atoms with Crippen molar-refractivity contribution in [1.29, 1.82) is 0 Å². The van der Waals surface area contributed by atoms with Gasteiger partial charge in [-0.15, -0.1) is 11.3 Å². The maximum Gasteiger partial charge on any atom is 0.263 e. The Balaban J connectivity index is 1.88. The van der Waals surface area contributed by atoms with Gasteiger partial charge in [0.05, 0.1) is 17.3 Å². The molecule has 0 unspecified atom stereocenters. The summed E-state index contributed by atoms with van der Waals surface area (Å²) in [6.45, 7) is 6.37. The van der Waals surface area contributed by atoms with Crippen LogP contribution < -0.4 is 10.1 Å². The minimum atomic E-state index is -0.102. The first kappa shape index (κ1) is 15.4. The van der Waals surface area contributed by atoms with Crippen LogP contribution in [0.15, 0.2) is 24.5 Å². The molecule has 2 aromatic heterocycles. The molecule has 0 bridgehead atoms. The number of nitrogens with one attached hydrogen (secondary N) is 1. The molecular formula is C15H19N3O2S. The lowest BCUT2D eigenvalue weighted by Gasteiger charge is -2.09. The van der Waals surface area contributed by atoms with Gasteiger partial charge in [0.2, 0.25) is 5.88 Å². The molecule has 0 atom stereocenters. The van der Waals surface area contributed by atoms with Crippen LogP contribution in [0.25, 0.3) is 0 Å². The number of nitrogens with zero attached hydrogens (tertiary/aromatic N) is 2. The number of rotatable bonds is 6. The largest absolute Gasteiger partial charge is 0.475 e. The van der Waals surface area contributed by atoms with Crippen molar-refractivity contribution in [3.8, 4) is 5.88 Å². The van der Waals surface area contributed by atoms with Crippen LogP contribution in [-0.4, -0.2) is 22.0 Å². The highest BCUT2D eigenvalue weighted by atomic mass is 32.1. The van der Waals surface area contributed by atoms with E-state index in [4.69, 9.17) is 4.74 Å². The average molecular weight is 305 g/mol. The number of aromatic nitrogens is 2. The highest BCUT2D eigenvalue weighted by molar-refractivity contribution is 7.13. The number of thiazole rings is 1. The van der Waals surface area contributed by atoms with Gasteiger partial charge in [-0.2, -0.15) is 0 Å². The smallest absolute Gasteiger partial charge is 0.263 e. The summed E-state index contributed by atoms with van der Waals surface area (Å²) in [4.78, 5) is 21.0. The predicted octanol–water partition coefficient (Wildman–Crippen LogP) is 2.82. The number of carbonyl (C=O) groups is 1. The van der Waals surface area contributed by atoms with Crippen molar-refractivity contribution in [1.82, 2.24) is 15.3 Å². The third-order valence-corrected chi connectivity index (χ3v) is 3.83. The van der Waals surface area contributed by atoms with Crippen molar-refractivity contribution in [3.63, 3.8) is 0 Å². The maximum atomic E-state index is 12.0. The van der Waals surface area contributed by atoms with Gasteiger partial charge < -0.3 is 10.1 Å². The number of carbonyl (C=O) groups excluding carboxylic acids is 1. The Bertz CT molecular complexity index is 593. The topological polar surface area (TPSA) is 64.1 Å². The standard InChI is InChI=1S/C15H19N3O2S/c1-4-14-17-9-12(21-14)15(19)18-8-11-5-6-13(16-7-11)20-10(2)3/h5-7,9-10H,4,8H2,1-3H3,(H,18,19). The Morgan fingerprint density at radius 1 is 1.33 bits per heavy atom. The molecule has 0 aliphatic carbocycles. The van der Waals surface area contributed by atoms with E-state index in [0.29, 0.717) is 17.3 Å². The minimum Gasteiger partial charge on any atom is -0.475 e. The molecule has 0 saturated heterocycles. The van der Waals surface area contributed by atoms with Crippen LogP contribution in [0.1, 0.15) is 41.0 Å². The number of pyridine rings is 1. The number of ether oxygens (including phenoxy) is 1. The van der Waals surface area contributed by atoms with Gasteiger partial charge in [0.1, 0.15) is 4.88 Å².